The highest BCUT2D eigenvalue weighted by Crippen LogP contribution is 2.44. The van der Waals surface area contributed by atoms with Crippen LogP contribution in [0.1, 0.15) is 110 Å². The molecule has 0 saturated carbocycles. The molecule has 7 unspecified atom stereocenters. The summed E-state index contributed by atoms with van der Waals surface area (Å²) in [5.74, 6) is 1.59. The second-order valence-corrected chi connectivity index (χ2v) is 18.8. The van der Waals surface area contributed by atoms with E-state index in [0.29, 0.717) is 24.7 Å². The van der Waals surface area contributed by atoms with Crippen LogP contribution in [0, 0.1) is 5.92 Å². The van der Waals surface area contributed by atoms with Gasteiger partial charge >= 0.3 is 12.2 Å². The number of likely N-dealkylation sites (tertiary alicyclic amines) is 2. The molecule has 8 rings (SSSR count). The minimum atomic E-state index is -0.967. The van der Waals surface area contributed by atoms with Crippen molar-refractivity contribution >= 4 is 45.8 Å². The third-order valence-electron chi connectivity index (χ3n) is 12.9. The van der Waals surface area contributed by atoms with Crippen molar-refractivity contribution in [1.29, 1.82) is 0 Å². The van der Waals surface area contributed by atoms with Gasteiger partial charge in [0.2, 0.25) is 11.8 Å². The van der Waals surface area contributed by atoms with Gasteiger partial charge in [-0.15, -0.1) is 0 Å². The molecule has 64 heavy (non-hydrogen) atoms. The van der Waals surface area contributed by atoms with Crippen molar-refractivity contribution in [1.82, 2.24) is 40.4 Å². The van der Waals surface area contributed by atoms with Crippen LogP contribution in [0.4, 0.5) is 9.59 Å². The topological polar surface area (TPSA) is 193 Å². The molecule has 340 valence electrons. The molecule has 3 aliphatic heterocycles. The summed E-state index contributed by atoms with van der Waals surface area (Å²) in [6, 6.07) is 12.2. The number of carbonyl (C=O) groups excluding carboxylic acids is 4. The average molecular weight is 877 g/mol. The van der Waals surface area contributed by atoms with Crippen molar-refractivity contribution in [3.63, 3.8) is 0 Å². The summed E-state index contributed by atoms with van der Waals surface area (Å²) in [4.78, 5) is 73.4. The zero-order valence-corrected chi connectivity index (χ0v) is 38.3. The van der Waals surface area contributed by atoms with Gasteiger partial charge in [0.1, 0.15) is 36.1 Å². The zero-order valence-electron chi connectivity index (χ0n) is 38.3. The Balaban J connectivity index is 1.04. The summed E-state index contributed by atoms with van der Waals surface area (Å²) < 4.78 is 22.3. The summed E-state index contributed by atoms with van der Waals surface area (Å²) in [6.07, 6.45) is 2.89. The Bertz CT molecular complexity index is 2600. The van der Waals surface area contributed by atoms with Gasteiger partial charge < -0.3 is 49.3 Å². The average Bonchev–Trinajstić information content (AvgIpc) is 4.08. The van der Waals surface area contributed by atoms with Crippen molar-refractivity contribution in [3.05, 3.63) is 65.9 Å². The van der Waals surface area contributed by atoms with Crippen molar-refractivity contribution < 1.29 is 38.1 Å². The van der Waals surface area contributed by atoms with E-state index in [9.17, 15) is 19.2 Å². The monoisotopic (exact) mass is 876 g/mol. The smallest absolute Gasteiger partial charge is 0.407 e. The lowest BCUT2D eigenvalue weighted by Gasteiger charge is -2.35. The van der Waals surface area contributed by atoms with Crippen LogP contribution < -0.4 is 15.4 Å². The number of aromatic amines is 2. The maximum Gasteiger partial charge on any atom is 0.407 e. The highest BCUT2D eigenvalue weighted by atomic mass is 16.5. The number of methoxy groups -OCH3 is 2. The van der Waals surface area contributed by atoms with Crippen LogP contribution in [-0.2, 0) is 30.4 Å². The molecule has 2 aromatic heterocycles. The van der Waals surface area contributed by atoms with E-state index < -0.39 is 36.0 Å². The van der Waals surface area contributed by atoms with Crippen LogP contribution in [-0.4, -0.2) is 104 Å². The summed E-state index contributed by atoms with van der Waals surface area (Å²) in [7, 11) is 2.57. The predicted molar refractivity (Wildman–Crippen MR) is 241 cm³/mol. The number of nitrogens with zero attached hydrogens (tertiary/aromatic N) is 4. The first-order valence-corrected chi connectivity index (χ1v) is 22.2. The van der Waals surface area contributed by atoms with Gasteiger partial charge in [0.25, 0.3) is 0 Å². The van der Waals surface area contributed by atoms with Crippen molar-refractivity contribution in [3.8, 4) is 28.1 Å². The minimum Gasteiger partial charge on any atom is -0.488 e. The van der Waals surface area contributed by atoms with Gasteiger partial charge in [0.15, 0.2) is 0 Å². The molecule has 16 nitrogen and oxygen atoms in total. The quantitative estimate of drug-likeness (QED) is 0.107. The van der Waals surface area contributed by atoms with Crippen LogP contribution in [0.2, 0.25) is 0 Å². The fraction of sp³-hybridized carbons (Fsp3) is 0.500. The molecule has 3 aromatic carbocycles. The van der Waals surface area contributed by atoms with Crippen LogP contribution in [0.15, 0.2) is 48.7 Å². The maximum absolute atomic E-state index is 14.4. The molecule has 5 heterocycles. The number of carbonyl (C=O) groups is 4. The molecule has 3 aliphatic rings. The Hall–Kier alpha value is -6.16. The molecule has 7 atom stereocenters. The molecule has 0 radical (unpaired) electrons. The van der Waals surface area contributed by atoms with E-state index in [2.05, 4.69) is 57.0 Å². The SMILES string of the molecule is COC(=O)NC(C(=O)N1C(C)CCC1c1ncc(-c2ccc3c(c2)COc2cc4c(ccc5[nH]c(C6CCC(C)N6C(=O)C(NC(=O)OC)C(C)OC(C)(C)C)nc54)cc2-3)[nH]1)C(C)C. The molecule has 4 N–H and O–H groups in total. The normalized spacial score (nSPS) is 21.0. The number of fused-ring (bicyclic) bond motifs is 6. The number of aromatic nitrogens is 4. The summed E-state index contributed by atoms with van der Waals surface area (Å²) in [6.45, 7) is 15.7. The number of hydrogen-bond acceptors (Lipinski definition) is 10. The second kappa shape index (κ2) is 17.4. The molecule has 0 spiro atoms. The number of rotatable bonds is 10. The van der Waals surface area contributed by atoms with Crippen LogP contribution >= 0.6 is 0 Å². The van der Waals surface area contributed by atoms with Crippen molar-refractivity contribution in [2.45, 2.75) is 136 Å². The maximum atomic E-state index is 14.4. The zero-order chi connectivity index (χ0) is 45.8. The van der Waals surface area contributed by atoms with Gasteiger partial charge in [-0.1, -0.05) is 32.0 Å². The molecule has 5 aromatic rings. The number of imidazole rings is 2. The highest BCUT2D eigenvalue weighted by Gasteiger charge is 2.44. The number of benzene rings is 3. The Morgan fingerprint density at radius 2 is 1.44 bits per heavy atom. The van der Waals surface area contributed by atoms with Gasteiger partial charge in [-0.3, -0.25) is 9.59 Å². The molecule has 16 heteroatoms. The van der Waals surface area contributed by atoms with Gasteiger partial charge in [0, 0.05) is 23.0 Å². The lowest BCUT2D eigenvalue weighted by Crippen LogP contribution is -2.56. The Kier molecular flexibility index (Phi) is 12.1. The van der Waals surface area contributed by atoms with Crippen LogP contribution in [0.5, 0.6) is 5.75 Å². The van der Waals surface area contributed by atoms with E-state index in [1.54, 1.807) is 6.92 Å². The summed E-state index contributed by atoms with van der Waals surface area (Å²) >= 11 is 0. The second-order valence-electron chi connectivity index (χ2n) is 18.8. The van der Waals surface area contributed by atoms with E-state index in [1.165, 1.54) is 14.2 Å². The molecule has 0 aliphatic carbocycles. The van der Waals surface area contributed by atoms with Crippen LogP contribution in [0.3, 0.4) is 0 Å². The van der Waals surface area contributed by atoms with E-state index in [4.69, 9.17) is 28.9 Å². The fourth-order valence-corrected chi connectivity index (χ4v) is 9.74. The van der Waals surface area contributed by atoms with Gasteiger partial charge in [-0.25, -0.2) is 19.6 Å². The molecule has 2 saturated heterocycles. The highest BCUT2D eigenvalue weighted by molar-refractivity contribution is 6.07. The standard InChI is InChI=1S/C48H60N8O8/c1-24(2)39(53-46(59)61-9)44(57)55-25(3)11-17-36(55)42-49-22-35(51-42)29-13-15-31-30(19-29)23-63-38-21-32-28(20-33(31)38)14-16-34-41(32)52-43(50-34)37-18-12-26(4)56(37)45(58)40(54-47(60)62-10)27(5)64-48(6,7)8/h13-16,19-22,24-27,36-37,39-40H,11-12,17-18,23H2,1-10H3,(H,49,51)(H,50,52)(H,53,59)(H,54,60). The predicted octanol–water partition coefficient (Wildman–Crippen LogP) is 8.08. The van der Waals surface area contributed by atoms with Crippen molar-refractivity contribution in [2.75, 3.05) is 14.2 Å². The van der Waals surface area contributed by atoms with Crippen LogP contribution in [0.25, 0.3) is 44.2 Å². The molecule has 0 bridgehead atoms. The number of nitrogens with one attached hydrogen (secondary N) is 4. The Labute approximate surface area is 373 Å². The first-order valence-electron chi connectivity index (χ1n) is 22.2. The van der Waals surface area contributed by atoms with Gasteiger partial charge in [-0.2, -0.15) is 0 Å². The molecular weight excluding hydrogens is 817 g/mol. The number of amides is 4. The largest absolute Gasteiger partial charge is 0.488 e. The number of ether oxygens (including phenoxy) is 4. The van der Waals surface area contributed by atoms with E-state index in [0.717, 1.165) is 74.8 Å². The summed E-state index contributed by atoms with van der Waals surface area (Å²) in [5, 5.41) is 7.39. The molecule has 2 fully saturated rings. The number of alkyl carbamates (subject to hydrolysis) is 2. The lowest BCUT2D eigenvalue weighted by molar-refractivity contribution is -0.144. The third-order valence-corrected chi connectivity index (χ3v) is 12.9. The van der Waals surface area contributed by atoms with E-state index >= 15 is 0 Å². The van der Waals surface area contributed by atoms with Crippen molar-refractivity contribution in [2.24, 2.45) is 5.92 Å². The lowest BCUT2D eigenvalue weighted by atomic mass is 9.92. The number of hydrogen-bond donors (Lipinski definition) is 4. The fourth-order valence-electron chi connectivity index (χ4n) is 9.74. The molecular formula is C48H60N8O8. The van der Waals surface area contributed by atoms with E-state index in [1.807, 2.05) is 70.5 Å². The Morgan fingerprint density at radius 1 is 0.797 bits per heavy atom. The molecule has 4 amide bonds. The number of H-pyrrole nitrogens is 2. The van der Waals surface area contributed by atoms with Gasteiger partial charge in [0.05, 0.1) is 60.9 Å². The third kappa shape index (κ3) is 8.47. The Morgan fingerprint density at radius 3 is 2.08 bits per heavy atom. The van der Waals surface area contributed by atoms with Gasteiger partial charge in [-0.05, 0) is 119 Å². The minimum absolute atomic E-state index is 0.0217. The first kappa shape index (κ1) is 44.4. The first-order chi connectivity index (χ1) is 30.5. The van der Waals surface area contributed by atoms with E-state index in [-0.39, 0.29) is 41.9 Å². The summed E-state index contributed by atoms with van der Waals surface area (Å²) in [5.41, 5.74) is 5.95.